The van der Waals surface area contributed by atoms with E-state index in [0.717, 1.165) is 0 Å². The molecule has 0 saturated heterocycles. The zero-order valence-electron chi connectivity index (χ0n) is 8.07. The van der Waals surface area contributed by atoms with Crippen molar-refractivity contribution in [3.63, 3.8) is 0 Å². The smallest absolute Gasteiger partial charge is 0.114 e. The third-order valence-corrected chi connectivity index (χ3v) is 2.59. The largest absolute Gasteiger partial charge is 0.387 e. The van der Waals surface area contributed by atoms with Gasteiger partial charge in [0.1, 0.15) is 36.6 Å². The number of ether oxygens (including phenoxy) is 2. The Hall–Kier alpha value is -0.240. The van der Waals surface area contributed by atoms with Gasteiger partial charge in [0.05, 0.1) is 0 Å². The monoisotopic (exact) mass is 208 g/mol. The predicted molar refractivity (Wildman–Crippen MR) is 45.6 cm³/mol. The Kier molecular flexibility index (Phi) is 3.82. The van der Waals surface area contributed by atoms with Gasteiger partial charge in [0.15, 0.2) is 0 Å². The first kappa shape index (κ1) is 11.8. The number of aliphatic hydroxyl groups excluding tert-OH is 4. The summed E-state index contributed by atoms with van der Waals surface area (Å²) in [6.45, 7) is 0. The van der Waals surface area contributed by atoms with E-state index in [1.165, 1.54) is 14.2 Å². The molecule has 0 aromatic heterocycles. The summed E-state index contributed by atoms with van der Waals surface area (Å²) in [7, 11) is 2.60. The van der Waals surface area contributed by atoms with Crippen molar-refractivity contribution in [3.8, 4) is 0 Å². The summed E-state index contributed by atoms with van der Waals surface area (Å²) < 4.78 is 9.63. The second-order valence-electron chi connectivity index (χ2n) is 3.36. The van der Waals surface area contributed by atoms with Crippen LogP contribution in [0.5, 0.6) is 0 Å². The van der Waals surface area contributed by atoms with Gasteiger partial charge in [-0.3, -0.25) is 0 Å². The number of aliphatic hydroxyl groups is 4. The maximum Gasteiger partial charge on any atom is 0.114 e. The number of hydrogen-bond acceptors (Lipinski definition) is 6. The Balaban J connectivity index is 2.82. The Bertz CT molecular complexity index is 169. The van der Waals surface area contributed by atoms with Crippen LogP contribution < -0.4 is 0 Å². The lowest BCUT2D eigenvalue weighted by atomic mass is 9.85. The zero-order valence-corrected chi connectivity index (χ0v) is 8.07. The SMILES string of the molecule is CO[C@@H]1[C@@H](O)[C@H](OC)[C@@H](O)[C@H](O)[C@H]1O. The van der Waals surface area contributed by atoms with Gasteiger partial charge in [0.2, 0.25) is 0 Å². The van der Waals surface area contributed by atoms with Crippen molar-refractivity contribution in [2.24, 2.45) is 0 Å². The van der Waals surface area contributed by atoms with Crippen molar-refractivity contribution in [1.82, 2.24) is 0 Å². The van der Waals surface area contributed by atoms with Crippen molar-refractivity contribution in [3.05, 3.63) is 0 Å². The third kappa shape index (κ3) is 1.77. The van der Waals surface area contributed by atoms with Gasteiger partial charge in [0.25, 0.3) is 0 Å². The van der Waals surface area contributed by atoms with Crippen LogP contribution >= 0.6 is 0 Å². The first-order valence-corrected chi connectivity index (χ1v) is 4.32. The van der Waals surface area contributed by atoms with Gasteiger partial charge in [-0.05, 0) is 0 Å². The second kappa shape index (κ2) is 4.52. The van der Waals surface area contributed by atoms with Gasteiger partial charge >= 0.3 is 0 Å². The minimum absolute atomic E-state index is 0.960. The average molecular weight is 208 g/mol. The van der Waals surface area contributed by atoms with Crippen LogP contribution in [0.4, 0.5) is 0 Å². The second-order valence-corrected chi connectivity index (χ2v) is 3.36. The summed E-state index contributed by atoms with van der Waals surface area (Å²) in [6, 6.07) is 0. The number of methoxy groups -OCH3 is 2. The molecule has 14 heavy (non-hydrogen) atoms. The molecule has 1 aliphatic rings. The molecule has 0 aromatic carbocycles. The molecule has 1 fully saturated rings. The zero-order chi connectivity index (χ0) is 10.9. The summed E-state index contributed by atoms with van der Waals surface area (Å²) in [5.74, 6) is 0. The van der Waals surface area contributed by atoms with Gasteiger partial charge in [-0.2, -0.15) is 0 Å². The Morgan fingerprint density at radius 3 is 1.29 bits per heavy atom. The molecular weight excluding hydrogens is 192 g/mol. The molecule has 6 heteroatoms. The van der Waals surface area contributed by atoms with Crippen LogP contribution in [0.2, 0.25) is 0 Å². The topological polar surface area (TPSA) is 99.4 Å². The van der Waals surface area contributed by atoms with Gasteiger partial charge in [-0.15, -0.1) is 0 Å². The lowest BCUT2D eigenvalue weighted by molar-refractivity contribution is -0.235. The minimum Gasteiger partial charge on any atom is -0.387 e. The average Bonchev–Trinajstić information content (AvgIpc) is 2.16. The van der Waals surface area contributed by atoms with Gasteiger partial charge in [-0.25, -0.2) is 0 Å². The molecule has 0 amide bonds. The maximum atomic E-state index is 9.61. The fraction of sp³-hybridized carbons (Fsp3) is 1.00. The molecular formula is C8H16O6. The van der Waals surface area contributed by atoms with E-state index in [1.54, 1.807) is 0 Å². The first-order valence-electron chi connectivity index (χ1n) is 4.32. The highest BCUT2D eigenvalue weighted by Crippen LogP contribution is 2.24. The number of hydrogen-bond donors (Lipinski definition) is 4. The van der Waals surface area contributed by atoms with Crippen molar-refractivity contribution in [1.29, 1.82) is 0 Å². The maximum absolute atomic E-state index is 9.61. The van der Waals surface area contributed by atoms with E-state index in [2.05, 4.69) is 0 Å². The summed E-state index contributed by atoms with van der Waals surface area (Å²) >= 11 is 0. The third-order valence-electron chi connectivity index (χ3n) is 2.59. The molecule has 1 saturated carbocycles. The molecule has 1 rings (SSSR count). The fourth-order valence-electron chi connectivity index (χ4n) is 1.74. The van der Waals surface area contributed by atoms with Crippen LogP contribution in [0.3, 0.4) is 0 Å². The molecule has 0 aromatic rings. The molecule has 4 N–H and O–H groups in total. The Morgan fingerprint density at radius 1 is 0.643 bits per heavy atom. The van der Waals surface area contributed by atoms with Gasteiger partial charge in [-0.1, -0.05) is 0 Å². The van der Waals surface area contributed by atoms with E-state index in [4.69, 9.17) is 9.47 Å². The minimum atomic E-state index is -1.38. The summed E-state index contributed by atoms with van der Waals surface area (Å²) in [5, 5.41) is 37.9. The Morgan fingerprint density at radius 2 is 1.00 bits per heavy atom. The summed E-state index contributed by atoms with van der Waals surface area (Å²) in [6.07, 6.45) is -7.11. The number of rotatable bonds is 2. The van der Waals surface area contributed by atoms with Crippen LogP contribution in [-0.2, 0) is 9.47 Å². The predicted octanol–water partition coefficient (Wildman–Crippen LogP) is -2.53. The molecule has 1 aliphatic carbocycles. The molecule has 6 atom stereocenters. The van der Waals surface area contributed by atoms with Crippen molar-refractivity contribution in [2.75, 3.05) is 14.2 Å². The van der Waals surface area contributed by atoms with Crippen LogP contribution in [0.25, 0.3) is 0 Å². The van der Waals surface area contributed by atoms with Crippen molar-refractivity contribution < 1.29 is 29.9 Å². The standard InChI is InChI=1S/C8H16O6/c1-13-7-4(10)3(9)5(11)8(14-2)6(7)12/h3-12H,1-2H3/t3-,4-,5+,6-,7+,8-. The van der Waals surface area contributed by atoms with Gasteiger partial charge in [0, 0.05) is 14.2 Å². The van der Waals surface area contributed by atoms with E-state index in [9.17, 15) is 20.4 Å². The van der Waals surface area contributed by atoms with E-state index in [1.807, 2.05) is 0 Å². The molecule has 0 aliphatic heterocycles. The molecule has 0 spiro atoms. The van der Waals surface area contributed by atoms with Crippen LogP contribution in [0.15, 0.2) is 0 Å². The van der Waals surface area contributed by atoms with Crippen LogP contribution in [0, 0.1) is 0 Å². The summed E-state index contributed by atoms with van der Waals surface area (Å²) in [5.41, 5.74) is 0. The van der Waals surface area contributed by atoms with Crippen LogP contribution in [-0.4, -0.2) is 71.3 Å². The summed E-state index contributed by atoms with van der Waals surface area (Å²) in [4.78, 5) is 0. The molecule has 0 bridgehead atoms. The van der Waals surface area contributed by atoms with E-state index >= 15 is 0 Å². The van der Waals surface area contributed by atoms with E-state index in [0.29, 0.717) is 0 Å². The first-order chi connectivity index (χ1) is 6.54. The van der Waals surface area contributed by atoms with E-state index < -0.39 is 36.6 Å². The highest BCUT2D eigenvalue weighted by molar-refractivity contribution is 4.99. The highest BCUT2D eigenvalue weighted by Gasteiger charge is 2.49. The van der Waals surface area contributed by atoms with Crippen LogP contribution in [0.1, 0.15) is 0 Å². The molecule has 0 radical (unpaired) electrons. The molecule has 0 heterocycles. The molecule has 0 unspecified atom stereocenters. The van der Waals surface area contributed by atoms with Crippen molar-refractivity contribution in [2.45, 2.75) is 36.6 Å². The Labute approximate surface area is 81.7 Å². The lowest BCUT2D eigenvalue weighted by Gasteiger charge is -2.42. The quantitative estimate of drug-likeness (QED) is 0.399. The van der Waals surface area contributed by atoms with Gasteiger partial charge < -0.3 is 29.9 Å². The molecule has 6 nitrogen and oxygen atoms in total. The van der Waals surface area contributed by atoms with E-state index in [-0.39, 0.29) is 0 Å². The molecule has 84 valence electrons. The fourth-order valence-corrected chi connectivity index (χ4v) is 1.74. The van der Waals surface area contributed by atoms with Crippen molar-refractivity contribution >= 4 is 0 Å². The lowest BCUT2D eigenvalue weighted by Crippen LogP contribution is -2.64. The normalized spacial score (nSPS) is 49.3. The highest BCUT2D eigenvalue weighted by atomic mass is 16.5.